The molecule has 0 saturated carbocycles. The van der Waals surface area contributed by atoms with Crippen LogP contribution in [0.15, 0.2) is 0 Å². The van der Waals surface area contributed by atoms with Crippen LogP contribution in [-0.4, -0.2) is 23.9 Å². The minimum Gasteiger partial charge on any atom is -1.00 e. The van der Waals surface area contributed by atoms with Crippen molar-refractivity contribution in [2.24, 2.45) is 0 Å². The van der Waals surface area contributed by atoms with Crippen LogP contribution in [0.1, 0.15) is 0 Å². The van der Waals surface area contributed by atoms with Crippen LogP contribution in [0.2, 0.25) is 0 Å². The van der Waals surface area contributed by atoms with Crippen molar-refractivity contribution in [1.29, 1.82) is 0 Å². The molecule has 0 amide bonds. The Balaban J connectivity index is 0. The van der Waals surface area contributed by atoms with Crippen molar-refractivity contribution >= 4 is 23.9 Å². The van der Waals surface area contributed by atoms with Gasteiger partial charge in [0.15, 0.2) is 0 Å². The van der Waals surface area contributed by atoms with E-state index in [1.54, 1.807) is 0 Å². The van der Waals surface area contributed by atoms with E-state index in [0.717, 1.165) is 0 Å². The Morgan fingerprint density at radius 1 is 0.750 bits per heavy atom. The van der Waals surface area contributed by atoms with E-state index in [1.807, 2.05) is 0 Å². The SMILES string of the molecule is [Cl-].[Cl-].[Hg].[Sn+2]. The maximum absolute atomic E-state index is 0. The zero-order chi connectivity index (χ0) is 0. The summed E-state index contributed by atoms with van der Waals surface area (Å²) in [7, 11) is 0. The normalized spacial score (nSPS) is 0. The fourth-order valence-electron chi connectivity index (χ4n) is 0. The van der Waals surface area contributed by atoms with Crippen molar-refractivity contribution in [3.05, 3.63) is 0 Å². The summed E-state index contributed by atoms with van der Waals surface area (Å²) in [6.45, 7) is 0. The Hall–Kier alpha value is 2.31. The van der Waals surface area contributed by atoms with Crippen LogP contribution in [-0.2, 0) is 27.7 Å². The van der Waals surface area contributed by atoms with Gasteiger partial charge in [0, 0.05) is 27.7 Å². The van der Waals surface area contributed by atoms with Crippen molar-refractivity contribution < 1.29 is 52.5 Å². The summed E-state index contributed by atoms with van der Waals surface area (Å²) < 4.78 is 0. The minimum atomic E-state index is 0. The molecule has 0 rings (SSSR count). The molecule has 0 aromatic rings. The van der Waals surface area contributed by atoms with E-state index in [9.17, 15) is 0 Å². The Bertz CT molecular complexity index is 6.00. The van der Waals surface area contributed by atoms with E-state index in [0.29, 0.717) is 0 Å². The summed E-state index contributed by atoms with van der Waals surface area (Å²) in [6.07, 6.45) is 0. The van der Waals surface area contributed by atoms with Crippen molar-refractivity contribution in [2.45, 2.75) is 0 Å². The van der Waals surface area contributed by atoms with Crippen LogP contribution >= 0.6 is 0 Å². The molecular formula is Cl2HgSn. The average Bonchev–Trinajstić information content (AvgIpc) is 0. The molecule has 0 aliphatic heterocycles. The molecule has 0 aliphatic carbocycles. The summed E-state index contributed by atoms with van der Waals surface area (Å²) in [6, 6.07) is 0. The van der Waals surface area contributed by atoms with Crippen molar-refractivity contribution in [3.63, 3.8) is 0 Å². The van der Waals surface area contributed by atoms with Gasteiger partial charge in [-0.1, -0.05) is 0 Å². The third kappa shape index (κ3) is 8.85. The first kappa shape index (κ1) is 33.3. The average molecular weight is 390 g/mol. The molecule has 0 fully saturated rings. The van der Waals surface area contributed by atoms with Gasteiger partial charge in [0.2, 0.25) is 0 Å². The minimum absolute atomic E-state index is 0. The molecule has 0 atom stereocenters. The number of hydrogen-bond acceptors (Lipinski definition) is 0. The second-order valence-electron chi connectivity index (χ2n) is 0. The van der Waals surface area contributed by atoms with Crippen molar-refractivity contribution in [3.8, 4) is 0 Å². The first-order valence-corrected chi connectivity index (χ1v) is 0. The molecule has 0 aromatic heterocycles. The van der Waals surface area contributed by atoms with Crippen LogP contribution in [0, 0.1) is 0 Å². The smallest absolute Gasteiger partial charge is 1.00 e. The Morgan fingerprint density at radius 2 is 0.750 bits per heavy atom. The number of halogens is 2. The van der Waals surface area contributed by atoms with Crippen LogP contribution in [0.4, 0.5) is 0 Å². The summed E-state index contributed by atoms with van der Waals surface area (Å²) in [4.78, 5) is 0. The van der Waals surface area contributed by atoms with Gasteiger partial charge < -0.3 is 24.8 Å². The zero-order valence-electron chi connectivity index (χ0n) is 1.96. The summed E-state index contributed by atoms with van der Waals surface area (Å²) in [5.41, 5.74) is 0. The second-order valence-corrected chi connectivity index (χ2v) is 0. The molecular weight excluding hydrogens is 390 g/mol. The molecule has 0 saturated heterocycles. The first-order valence-electron chi connectivity index (χ1n) is 0. The second kappa shape index (κ2) is 18.5. The van der Waals surface area contributed by atoms with Gasteiger partial charge in [-0.25, -0.2) is 0 Å². The predicted octanol–water partition coefficient (Wildman–Crippen LogP) is -6.38. The quantitative estimate of drug-likeness (QED) is 0.361. The summed E-state index contributed by atoms with van der Waals surface area (Å²) in [5.74, 6) is 0. The third-order valence-electron chi connectivity index (χ3n) is 0. The van der Waals surface area contributed by atoms with Gasteiger partial charge >= 0.3 is 23.9 Å². The van der Waals surface area contributed by atoms with Gasteiger partial charge in [-0.05, 0) is 0 Å². The van der Waals surface area contributed by atoms with Crippen LogP contribution in [0.3, 0.4) is 0 Å². The van der Waals surface area contributed by atoms with Crippen LogP contribution < -0.4 is 24.8 Å². The third-order valence-corrected chi connectivity index (χ3v) is 0. The Kier molecular flexibility index (Phi) is 154. The number of rotatable bonds is 0. The van der Waals surface area contributed by atoms with Gasteiger partial charge in [-0.3, -0.25) is 0 Å². The van der Waals surface area contributed by atoms with Gasteiger partial charge in [0.1, 0.15) is 0 Å². The van der Waals surface area contributed by atoms with Gasteiger partial charge in [0.05, 0.1) is 0 Å². The summed E-state index contributed by atoms with van der Waals surface area (Å²) in [5, 5.41) is 0. The van der Waals surface area contributed by atoms with Gasteiger partial charge in [-0.2, -0.15) is 0 Å². The molecule has 0 aliphatic rings. The molecule has 0 heterocycles. The largest absolute Gasteiger partial charge is 2.00 e. The topological polar surface area (TPSA) is 0 Å². The van der Waals surface area contributed by atoms with E-state index < -0.39 is 0 Å². The van der Waals surface area contributed by atoms with E-state index in [4.69, 9.17) is 0 Å². The fraction of sp³-hybridized carbons (Fsp3) is 0. The first-order chi connectivity index (χ1) is 0. The molecule has 20 valence electrons. The molecule has 0 bridgehead atoms. The maximum atomic E-state index is 0. The monoisotopic (exact) mass is 392 g/mol. The molecule has 0 spiro atoms. The van der Waals surface area contributed by atoms with Gasteiger partial charge in [0.25, 0.3) is 0 Å². The Labute approximate surface area is 75.4 Å². The molecule has 0 aromatic carbocycles. The van der Waals surface area contributed by atoms with Crippen molar-refractivity contribution in [2.75, 3.05) is 0 Å². The van der Waals surface area contributed by atoms with Crippen molar-refractivity contribution in [1.82, 2.24) is 0 Å². The van der Waals surface area contributed by atoms with E-state index >= 15 is 0 Å². The molecule has 0 N–H and O–H groups in total. The fourth-order valence-corrected chi connectivity index (χ4v) is 0. The predicted molar refractivity (Wildman–Crippen MR) is 5.75 cm³/mol. The molecule has 4 heteroatoms. The van der Waals surface area contributed by atoms with Crippen LogP contribution in [0.25, 0.3) is 0 Å². The van der Waals surface area contributed by atoms with Crippen LogP contribution in [0.5, 0.6) is 0 Å². The molecule has 0 nitrogen and oxygen atoms in total. The number of hydrogen-bond donors (Lipinski definition) is 0. The molecule has 4 heavy (non-hydrogen) atoms. The molecule has 0 unspecified atom stereocenters. The summed E-state index contributed by atoms with van der Waals surface area (Å²) >= 11 is 0. The standard InChI is InChI=1S/2ClH.Hg.Sn/h2*1H;;/q;;;+2/p-2. The molecule has 2 radical (unpaired) electrons. The van der Waals surface area contributed by atoms with E-state index in [1.165, 1.54) is 0 Å². The maximum Gasteiger partial charge on any atom is 2.00 e. The van der Waals surface area contributed by atoms with Gasteiger partial charge in [-0.15, -0.1) is 0 Å². The van der Waals surface area contributed by atoms with E-state index in [2.05, 4.69) is 0 Å². The Morgan fingerprint density at radius 3 is 0.750 bits per heavy atom. The zero-order valence-corrected chi connectivity index (χ0v) is 11.8. The van der Waals surface area contributed by atoms with E-state index in [-0.39, 0.29) is 76.4 Å².